The van der Waals surface area contributed by atoms with Crippen LogP contribution < -0.4 is 4.90 Å². The molecule has 250 valence electrons. The molecule has 0 amide bonds. The van der Waals surface area contributed by atoms with E-state index in [0.717, 1.165) is 25.8 Å². The van der Waals surface area contributed by atoms with Crippen LogP contribution in [-0.4, -0.2) is 23.9 Å². The van der Waals surface area contributed by atoms with Crippen LogP contribution in [0.3, 0.4) is 0 Å². The van der Waals surface area contributed by atoms with E-state index in [1.165, 1.54) is 97.9 Å². The molecule has 7 rings (SSSR count). The quantitative estimate of drug-likeness (QED) is 0.0997. The van der Waals surface area contributed by atoms with Gasteiger partial charge in [0.1, 0.15) is 7.05 Å². The zero-order valence-electron chi connectivity index (χ0n) is 30.6. The van der Waals surface area contributed by atoms with Crippen LogP contribution in [-0.2, 0) is 10.8 Å². The Kier molecular flexibility index (Phi) is 8.86. The maximum absolute atomic E-state index is 4.12. The first-order valence-corrected chi connectivity index (χ1v) is 18.4. The molecule has 0 unspecified atom stereocenters. The molecule has 1 aliphatic carbocycles. The number of rotatable bonds is 9. The van der Waals surface area contributed by atoms with Crippen molar-refractivity contribution in [2.24, 2.45) is 0 Å². The van der Waals surface area contributed by atoms with Gasteiger partial charge < -0.3 is 4.90 Å². The lowest BCUT2D eigenvalue weighted by molar-refractivity contribution is -0.401. The van der Waals surface area contributed by atoms with Crippen molar-refractivity contribution in [1.82, 2.24) is 0 Å². The molecule has 0 spiro atoms. The number of hydrogen-bond acceptors (Lipinski definition) is 1. The number of fused-ring (bicyclic) bond motifs is 6. The monoisotopic (exact) mass is 645 g/mol. The van der Waals surface area contributed by atoms with E-state index in [1.54, 1.807) is 0 Å². The van der Waals surface area contributed by atoms with Gasteiger partial charge in [-0.2, -0.15) is 4.58 Å². The molecule has 0 saturated heterocycles. The standard InChI is InChI=1S/C47H53N2/c1-33(2)16-9-8-14-31-49-41-28-26-37-20-11-13-22-39(37)45(41)47(5,6)43(49)30-24-35-18-15-17-34(32-35)23-29-42-46(3,4)44-38-21-12-10-19-36(38)25-27-40(44)48(42)7/h10-13,19-30,32H,1,8-9,14-18,31H2,2-7H3/q+1. The van der Waals surface area contributed by atoms with Gasteiger partial charge in [-0.05, 0) is 116 Å². The number of nitrogens with zero attached hydrogens (tertiary/aromatic N) is 2. The van der Waals surface area contributed by atoms with Crippen LogP contribution in [0.15, 0.2) is 132 Å². The zero-order chi connectivity index (χ0) is 34.3. The van der Waals surface area contributed by atoms with E-state index in [0.29, 0.717) is 0 Å². The van der Waals surface area contributed by atoms with E-state index >= 15 is 0 Å². The maximum atomic E-state index is 4.12. The highest BCUT2D eigenvalue weighted by atomic mass is 15.2. The first-order chi connectivity index (χ1) is 23.6. The van der Waals surface area contributed by atoms with Crippen LogP contribution in [0.1, 0.15) is 90.7 Å². The van der Waals surface area contributed by atoms with E-state index in [9.17, 15) is 0 Å². The smallest absolute Gasteiger partial charge is 0.210 e. The number of anilines is 1. The van der Waals surface area contributed by atoms with Gasteiger partial charge in [0.25, 0.3) is 0 Å². The third kappa shape index (κ3) is 6.05. The van der Waals surface area contributed by atoms with Crippen molar-refractivity contribution in [2.45, 2.75) is 90.4 Å². The minimum absolute atomic E-state index is 0.0685. The zero-order valence-corrected chi connectivity index (χ0v) is 30.6. The summed E-state index contributed by atoms with van der Waals surface area (Å²) >= 11 is 0. The lowest BCUT2D eigenvalue weighted by Gasteiger charge is -2.27. The Bertz CT molecular complexity index is 2110. The lowest BCUT2D eigenvalue weighted by atomic mass is 9.79. The molecule has 4 aromatic carbocycles. The molecule has 4 aromatic rings. The second-order valence-electron chi connectivity index (χ2n) is 15.7. The van der Waals surface area contributed by atoms with Crippen LogP contribution in [0.4, 0.5) is 11.4 Å². The molecule has 3 aliphatic rings. The molecule has 49 heavy (non-hydrogen) atoms. The Labute approximate surface area is 294 Å². The molecule has 0 atom stereocenters. The summed E-state index contributed by atoms with van der Waals surface area (Å²) < 4.78 is 2.40. The average molecular weight is 646 g/mol. The highest BCUT2D eigenvalue weighted by Gasteiger charge is 2.44. The molecule has 0 aromatic heterocycles. The van der Waals surface area contributed by atoms with Crippen molar-refractivity contribution < 1.29 is 4.58 Å². The van der Waals surface area contributed by atoms with Crippen molar-refractivity contribution in [3.63, 3.8) is 0 Å². The highest BCUT2D eigenvalue weighted by molar-refractivity contribution is 6.07. The molecular weight excluding hydrogens is 593 g/mol. The Hall–Kier alpha value is -4.43. The van der Waals surface area contributed by atoms with Gasteiger partial charge in [-0.3, -0.25) is 0 Å². The fraction of sp³-hybridized carbons (Fsp3) is 0.340. The molecule has 2 aliphatic heterocycles. The average Bonchev–Trinajstić information content (AvgIpc) is 3.43. The van der Waals surface area contributed by atoms with E-state index in [4.69, 9.17) is 0 Å². The van der Waals surface area contributed by atoms with E-state index in [-0.39, 0.29) is 10.8 Å². The molecular formula is C47H53N2+. The van der Waals surface area contributed by atoms with Crippen LogP contribution in [0, 0.1) is 0 Å². The van der Waals surface area contributed by atoms with Crippen molar-refractivity contribution >= 4 is 38.6 Å². The molecule has 0 bridgehead atoms. The van der Waals surface area contributed by atoms with Crippen LogP contribution in [0.2, 0.25) is 0 Å². The lowest BCUT2D eigenvalue weighted by Crippen LogP contribution is -2.27. The minimum Gasteiger partial charge on any atom is -0.344 e. The van der Waals surface area contributed by atoms with E-state index in [1.807, 2.05) is 0 Å². The normalized spacial score (nSPS) is 19.8. The number of allylic oxidation sites excluding steroid dienone is 9. The Morgan fingerprint density at radius 1 is 0.776 bits per heavy atom. The van der Waals surface area contributed by atoms with Gasteiger partial charge in [0.05, 0.1) is 5.41 Å². The summed E-state index contributed by atoms with van der Waals surface area (Å²) in [5.41, 5.74) is 12.4. The third-order valence-corrected chi connectivity index (χ3v) is 11.3. The second kappa shape index (κ2) is 13.1. The molecule has 2 heterocycles. The summed E-state index contributed by atoms with van der Waals surface area (Å²) in [5, 5.41) is 5.38. The largest absolute Gasteiger partial charge is 0.344 e. The maximum Gasteiger partial charge on any atom is 0.210 e. The SMILES string of the molecule is C=C(C)CCCCCN1/C(=C/C=C2C=C(/C=C/C3=[N+](C)c4ccc5ccccc5c4C3(C)C)CCC/2)C(C)(C)c2c1ccc1ccccc21. The van der Waals surface area contributed by atoms with Crippen molar-refractivity contribution in [2.75, 3.05) is 18.5 Å². The Morgan fingerprint density at radius 2 is 1.47 bits per heavy atom. The van der Waals surface area contributed by atoms with Crippen LogP contribution in [0.5, 0.6) is 0 Å². The van der Waals surface area contributed by atoms with Crippen LogP contribution >= 0.6 is 0 Å². The van der Waals surface area contributed by atoms with Gasteiger partial charge in [0.2, 0.25) is 5.69 Å². The van der Waals surface area contributed by atoms with Gasteiger partial charge in [-0.25, -0.2) is 0 Å². The minimum atomic E-state index is -0.0828. The number of unbranched alkanes of at least 4 members (excludes halogenated alkanes) is 2. The van der Waals surface area contributed by atoms with Crippen LogP contribution in [0.25, 0.3) is 21.5 Å². The van der Waals surface area contributed by atoms with E-state index in [2.05, 4.69) is 161 Å². The molecule has 2 nitrogen and oxygen atoms in total. The molecule has 2 heteroatoms. The first kappa shape index (κ1) is 33.1. The summed E-state index contributed by atoms with van der Waals surface area (Å²) in [5.74, 6) is 0. The van der Waals surface area contributed by atoms with Gasteiger partial charge in [0.15, 0.2) is 5.71 Å². The van der Waals surface area contributed by atoms with E-state index < -0.39 is 0 Å². The number of benzene rings is 4. The van der Waals surface area contributed by atoms with Gasteiger partial charge in [-0.1, -0.05) is 98.7 Å². The summed E-state index contributed by atoms with van der Waals surface area (Å²) in [6, 6.07) is 27.0. The van der Waals surface area contributed by atoms with Gasteiger partial charge >= 0.3 is 0 Å². The fourth-order valence-electron chi connectivity index (χ4n) is 8.86. The van der Waals surface area contributed by atoms with Crippen molar-refractivity contribution in [1.29, 1.82) is 0 Å². The predicted molar refractivity (Wildman–Crippen MR) is 213 cm³/mol. The Morgan fingerprint density at radius 3 is 2.20 bits per heavy atom. The van der Waals surface area contributed by atoms with Gasteiger partial charge in [0, 0.05) is 41.1 Å². The number of hydrogen-bond donors (Lipinski definition) is 0. The summed E-state index contributed by atoms with van der Waals surface area (Å²) in [7, 11) is 2.23. The Balaban J connectivity index is 1.18. The summed E-state index contributed by atoms with van der Waals surface area (Å²) in [6.07, 6.45) is 20.3. The predicted octanol–water partition coefficient (Wildman–Crippen LogP) is 12.4. The summed E-state index contributed by atoms with van der Waals surface area (Å²) in [4.78, 5) is 2.63. The molecule has 0 saturated carbocycles. The van der Waals surface area contributed by atoms with Crippen molar-refractivity contribution in [3.05, 3.63) is 143 Å². The highest BCUT2D eigenvalue weighted by Crippen LogP contribution is 2.51. The first-order valence-electron chi connectivity index (χ1n) is 18.4. The second-order valence-corrected chi connectivity index (χ2v) is 15.7. The third-order valence-electron chi connectivity index (χ3n) is 11.3. The molecule has 0 fully saturated rings. The summed E-state index contributed by atoms with van der Waals surface area (Å²) in [6.45, 7) is 16.9. The molecule has 0 N–H and O–H groups in total. The van der Waals surface area contributed by atoms with Gasteiger partial charge in [-0.15, -0.1) is 6.58 Å². The topological polar surface area (TPSA) is 6.25 Å². The molecule has 0 radical (unpaired) electrons. The fourth-order valence-corrected chi connectivity index (χ4v) is 8.86. The van der Waals surface area contributed by atoms with Crippen molar-refractivity contribution in [3.8, 4) is 0 Å².